The van der Waals surface area contributed by atoms with Crippen LogP contribution in [0.25, 0.3) is 0 Å². The zero-order chi connectivity index (χ0) is 76.5. The van der Waals surface area contributed by atoms with Crippen LogP contribution in [-0.4, -0.2) is 111 Å². The van der Waals surface area contributed by atoms with Crippen LogP contribution in [-0.2, 0) is 84.0 Å². The number of allylic oxidation sites excluding steroid dienone is 4. The van der Waals surface area contributed by atoms with E-state index in [2.05, 4.69) is 4.98 Å². The highest BCUT2D eigenvalue weighted by Gasteiger charge is 2.57. The van der Waals surface area contributed by atoms with E-state index in [1.807, 2.05) is 36.4 Å². The maximum atomic E-state index is 15.4. The van der Waals surface area contributed by atoms with Gasteiger partial charge in [-0.05, 0) is 185 Å². The second kappa shape index (κ2) is 32.3. The third kappa shape index (κ3) is 16.1. The fourth-order valence-corrected chi connectivity index (χ4v) is 21.4. The number of nitrogens with two attached hydrogens (primary N) is 1. The van der Waals surface area contributed by atoms with E-state index in [1.165, 1.54) is 18.3 Å². The van der Waals surface area contributed by atoms with Crippen LogP contribution in [0.2, 0.25) is 15.1 Å². The van der Waals surface area contributed by atoms with Crippen molar-refractivity contribution in [3.63, 3.8) is 0 Å². The highest BCUT2D eigenvalue weighted by atomic mass is 35.5. The fraction of sp³-hybridized carbons (Fsp3) is 0.358. The normalized spacial score (nSPS) is 24.1. The van der Waals surface area contributed by atoms with Gasteiger partial charge in [-0.2, -0.15) is 0 Å². The molecule has 108 heavy (non-hydrogen) atoms. The average molecular weight is 1600 g/mol. The molecule has 0 unspecified atom stereocenters. The molecule has 0 saturated carbocycles. The summed E-state index contributed by atoms with van der Waals surface area (Å²) >= 11 is 18.2. The third-order valence-electron chi connectivity index (χ3n) is 22.1. The summed E-state index contributed by atoms with van der Waals surface area (Å²) in [5.74, 6) is -6.06. The Labute approximate surface area is 638 Å². The Kier molecular flexibility index (Phi) is 23.4. The van der Waals surface area contributed by atoms with Crippen LogP contribution < -0.4 is 19.9 Å². The van der Waals surface area contributed by atoms with Crippen molar-refractivity contribution in [2.24, 2.45) is 17.8 Å². The van der Waals surface area contributed by atoms with Crippen LogP contribution in [0.4, 0.5) is 32.0 Å². The number of Topliss-reactive ketones (excluding diaryl/α,β-unsaturated/α-hetero) is 1. The summed E-state index contributed by atoms with van der Waals surface area (Å²) in [6, 6.07) is 37.8. The number of pyridine rings is 1. The van der Waals surface area contributed by atoms with E-state index in [4.69, 9.17) is 69.0 Å². The lowest BCUT2D eigenvalue weighted by atomic mass is 9.60. The Morgan fingerprint density at radius 1 is 0.472 bits per heavy atom. The molecule has 15 nitrogen and oxygen atoms in total. The summed E-state index contributed by atoms with van der Waals surface area (Å²) in [5.41, 5.74) is 7.55. The van der Waals surface area contributed by atoms with Crippen molar-refractivity contribution in [1.29, 1.82) is 0 Å². The van der Waals surface area contributed by atoms with Crippen molar-refractivity contribution in [1.82, 2.24) is 4.98 Å². The topological polar surface area (TPSA) is 214 Å². The number of fused-ring (bicyclic) bond motifs is 9. The first-order valence-electron chi connectivity index (χ1n) is 35.4. The Morgan fingerprint density at radius 3 is 1.21 bits per heavy atom. The van der Waals surface area contributed by atoms with Crippen molar-refractivity contribution in [3.05, 3.63) is 264 Å². The molecule has 0 spiro atoms. The van der Waals surface area contributed by atoms with Gasteiger partial charge in [0.05, 0.1) is 70.9 Å². The van der Waals surface area contributed by atoms with E-state index in [-0.39, 0.29) is 143 Å². The Morgan fingerprint density at radius 2 is 0.843 bits per heavy atom. The lowest BCUT2D eigenvalue weighted by molar-refractivity contribution is -0.114. The van der Waals surface area contributed by atoms with Gasteiger partial charge in [-0.25, -0.2) is 51.6 Å². The maximum Gasteiger partial charge on any atom is 0.181 e. The molecular weight excluding hydrogens is 1530 g/mol. The van der Waals surface area contributed by atoms with Gasteiger partial charge in [0, 0.05) is 104 Å². The zero-order valence-electron chi connectivity index (χ0n) is 58.5. The summed E-state index contributed by atoms with van der Waals surface area (Å²) in [6.45, 7) is 2.82. The van der Waals surface area contributed by atoms with Crippen LogP contribution in [0.15, 0.2) is 185 Å². The third-order valence-corrected chi connectivity index (χ3v) is 28.2. The van der Waals surface area contributed by atoms with E-state index in [0.717, 1.165) is 58.8 Å². The first kappa shape index (κ1) is 78.3. The molecule has 570 valence electrons. The smallest absolute Gasteiger partial charge is 0.181 e. The number of nitrogens with zero attached hydrogens (tertiary/aromatic N) is 1. The molecule has 8 aromatic rings. The number of sulfone groups is 3. The summed E-state index contributed by atoms with van der Waals surface area (Å²) < 4.78 is 204. The molecule has 1 aliphatic carbocycles. The van der Waals surface area contributed by atoms with Gasteiger partial charge in [0.15, 0.2) is 70.0 Å². The number of benzene rings is 7. The fourth-order valence-electron chi connectivity index (χ4n) is 16.8. The average Bonchev–Trinajstić information content (AvgIpc) is 0.733. The van der Waals surface area contributed by atoms with Gasteiger partial charge in [-0.1, -0.05) is 95.5 Å². The maximum absolute atomic E-state index is 15.4. The van der Waals surface area contributed by atoms with Gasteiger partial charge < -0.3 is 34.2 Å². The standard InChI is InChI=1S/2C27H26ClF2NO4S.C27H25ClF2O5S/c1-17-2-7-20(15-31-17)36(32,33)13-10-24-21-16-35-26-23(30)9-8-22(29)25(26)27(21,11-12-34-24)14-18-3-5-19(28)6-4-18;2*28-18-7-5-17(6-8-18)15-27-12-13-34-23(11-14-36(32,33)24-4-2-1-3-22(24)31)19(27)16-35-26-21(30)10-9-20(29)25(26)27/h2-9,15,21,24H,10-14,16H2,1H3;1-10,19,23H,11-16,31H2;1-2,4-10,19,23H,3,11-16H2/t21-,24-,27-;2*19-,23-,27-/m000/s1. The van der Waals surface area contributed by atoms with Crippen LogP contribution in [0.3, 0.4) is 0 Å². The minimum absolute atomic E-state index is 0.0489. The van der Waals surface area contributed by atoms with E-state index >= 15 is 13.2 Å². The number of aryl methyl sites for hydroxylation is 1. The molecule has 0 radical (unpaired) electrons. The molecule has 3 saturated heterocycles. The van der Waals surface area contributed by atoms with E-state index < -0.39 is 117 Å². The van der Waals surface area contributed by atoms with Crippen molar-refractivity contribution >= 4 is 75.8 Å². The van der Waals surface area contributed by atoms with Crippen LogP contribution in [0.1, 0.15) is 84.0 Å². The van der Waals surface area contributed by atoms with Gasteiger partial charge in [0.2, 0.25) is 0 Å². The number of hydrogen-bond acceptors (Lipinski definition) is 15. The number of carbonyl (C=O) groups is 1. The lowest BCUT2D eigenvalue weighted by Gasteiger charge is -2.51. The number of halogens is 9. The minimum atomic E-state index is -3.84. The first-order chi connectivity index (χ1) is 51.6. The first-order valence-corrected chi connectivity index (χ1v) is 41.5. The minimum Gasteiger partial charge on any atom is -0.490 e. The predicted octanol–water partition coefficient (Wildman–Crippen LogP) is 15.9. The van der Waals surface area contributed by atoms with E-state index in [0.29, 0.717) is 53.6 Å². The highest BCUT2D eigenvalue weighted by Crippen LogP contribution is 2.57. The molecule has 2 N–H and O–H groups in total. The number of anilines is 1. The summed E-state index contributed by atoms with van der Waals surface area (Å²) in [4.78, 5) is 16.3. The van der Waals surface area contributed by atoms with Crippen LogP contribution in [0, 0.1) is 59.6 Å². The number of ketones is 1. The number of hydrogen-bond donors (Lipinski definition) is 1. The predicted molar refractivity (Wildman–Crippen MR) is 398 cm³/mol. The molecule has 7 aliphatic rings. The molecule has 7 heterocycles. The van der Waals surface area contributed by atoms with Crippen molar-refractivity contribution in [2.45, 2.75) is 115 Å². The van der Waals surface area contributed by atoms with Crippen LogP contribution >= 0.6 is 34.8 Å². The molecule has 3 fully saturated rings. The number of nitrogen functional groups attached to an aromatic ring is 1. The van der Waals surface area contributed by atoms with Gasteiger partial charge in [-0.3, -0.25) is 9.78 Å². The Balaban J connectivity index is 0.000000143. The number of rotatable bonds is 18. The van der Waals surface area contributed by atoms with Crippen molar-refractivity contribution in [3.8, 4) is 17.2 Å². The highest BCUT2D eigenvalue weighted by molar-refractivity contribution is 7.96. The second-order valence-electron chi connectivity index (χ2n) is 28.4. The van der Waals surface area contributed by atoms with E-state index in [9.17, 15) is 43.2 Å². The van der Waals surface area contributed by atoms with Gasteiger partial charge in [0.25, 0.3) is 0 Å². The molecule has 7 aromatic carbocycles. The van der Waals surface area contributed by atoms with Crippen molar-refractivity contribution < 1.29 is 84.8 Å². The molecule has 27 heteroatoms. The summed E-state index contributed by atoms with van der Waals surface area (Å²) in [7, 11) is -11.1. The SMILES string of the molecule is Cc1ccc(S(=O)(=O)CC[C@@H]2OCC[C@@]3(Cc4ccc(Cl)cc4)c4c(F)ccc(F)c4OC[C@@H]23)cn1.Nc1ccccc1S(=O)(=O)CC[C@@H]1OCC[C@@]2(Cc3ccc(Cl)cc3)c3c(F)ccc(F)c3OC[C@@H]12.O=C1CC=CC=C1S(=O)(=O)CC[C@@H]1OCC[C@@]2(Cc3ccc(Cl)cc3)c3c(F)ccc(F)c3OC[C@@H]12. The quantitative estimate of drug-likeness (QED) is 0.0625. The molecule has 6 aliphatic heterocycles. The van der Waals surface area contributed by atoms with Crippen molar-refractivity contribution in [2.75, 3.05) is 62.6 Å². The largest absolute Gasteiger partial charge is 0.490 e. The van der Waals surface area contributed by atoms with Gasteiger partial charge >= 0.3 is 0 Å². The molecular formula is C81H77Cl3F6N2O13S3. The number of carbonyl (C=O) groups excluding carboxylic acids is 1. The molecule has 9 atom stereocenters. The molecule has 0 bridgehead atoms. The summed E-state index contributed by atoms with van der Waals surface area (Å²) in [5, 5.41) is 1.72. The Hall–Kier alpha value is -7.78. The van der Waals surface area contributed by atoms with E-state index in [1.54, 1.807) is 85.8 Å². The Bertz CT molecular complexity index is 5110. The number of para-hydroxylation sites is 1. The van der Waals surface area contributed by atoms with Crippen LogP contribution in [0.5, 0.6) is 17.2 Å². The molecule has 1 aromatic heterocycles. The molecule has 0 amide bonds. The summed E-state index contributed by atoms with van der Waals surface area (Å²) in [6.07, 6.45) is 7.21. The monoisotopic (exact) mass is 1600 g/mol. The number of aromatic nitrogens is 1. The van der Waals surface area contributed by atoms with Gasteiger partial charge in [-0.15, -0.1) is 0 Å². The lowest BCUT2D eigenvalue weighted by Crippen LogP contribution is -2.55. The molecule has 15 rings (SSSR count). The van der Waals surface area contributed by atoms with Gasteiger partial charge in [0.1, 0.15) is 22.4 Å². The second-order valence-corrected chi connectivity index (χ2v) is 36.0. The zero-order valence-corrected chi connectivity index (χ0v) is 63.2. The number of ether oxygens (including phenoxy) is 6.